The second-order valence-corrected chi connectivity index (χ2v) is 11.7. The number of amides is 2. The van der Waals surface area contributed by atoms with Crippen LogP contribution in [0.25, 0.3) is 0 Å². The van der Waals surface area contributed by atoms with Crippen molar-refractivity contribution in [3.63, 3.8) is 0 Å². The molecular formula is C36H34Cl2N2O5. The van der Waals surface area contributed by atoms with Gasteiger partial charge in [0, 0.05) is 28.8 Å². The minimum Gasteiger partial charge on any atom is -0.481 e. The Bertz CT molecular complexity index is 1660. The van der Waals surface area contributed by atoms with Crippen molar-refractivity contribution in [1.82, 2.24) is 10.2 Å². The zero-order valence-corrected chi connectivity index (χ0v) is 26.3. The monoisotopic (exact) mass is 644 g/mol. The summed E-state index contributed by atoms with van der Waals surface area (Å²) in [6.07, 6.45) is 0.495. The molecule has 0 saturated heterocycles. The molecule has 45 heavy (non-hydrogen) atoms. The minimum absolute atomic E-state index is 0.0464. The number of ether oxygens (including phenoxy) is 1. The molecule has 1 aliphatic heterocycles. The van der Waals surface area contributed by atoms with E-state index in [4.69, 9.17) is 33.0 Å². The van der Waals surface area contributed by atoms with Gasteiger partial charge in [-0.15, -0.1) is 0 Å². The first-order valence-corrected chi connectivity index (χ1v) is 15.6. The molecule has 0 spiro atoms. The van der Waals surface area contributed by atoms with Crippen LogP contribution in [-0.2, 0) is 27.2 Å². The molecule has 0 radical (unpaired) electrons. The van der Waals surface area contributed by atoms with E-state index in [1.807, 2.05) is 61.5 Å². The lowest BCUT2D eigenvalue weighted by molar-refractivity contribution is -0.136. The van der Waals surface area contributed by atoms with Crippen LogP contribution < -0.4 is 5.32 Å². The number of nitrogens with one attached hydrogen (secondary N) is 1. The number of fused-ring (bicyclic) bond motifs is 1. The molecule has 0 fully saturated rings. The van der Waals surface area contributed by atoms with E-state index in [0.717, 1.165) is 11.1 Å². The summed E-state index contributed by atoms with van der Waals surface area (Å²) in [7, 11) is 0. The Morgan fingerprint density at radius 3 is 2.29 bits per heavy atom. The molecule has 0 bridgehead atoms. The first-order chi connectivity index (χ1) is 21.8. The Hall–Kier alpha value is -4.17. The number of nitrogens with zero attached hydrogens (tertiary/aromatic N) is 1. The molecule has 5 rings (SSSR count). The Labute approximate surface area is 272 Å². The van der Waals surface area contributed by atoms with E-state index in [9.17, 15) is 14.4 Å². The number of carboxylic acid groups (broad SMARTS) is 1. The summed E-state index contributed by atoms with van der Waals surface area (Å²) < 4.78 is 5.93. The number of hydrogen-bond donors (Lipinski definition) is 2. The number of benzene rings is 4. The van der Waals surface area contributed by atoms with Gasteiger partial charge in [-0.1, -0.05) is 102 Å². The van der Waals surface area contributed by atoms with Crippen molar-refractivity contribution in [2.75, 3.05) is 19.8 Å². The molecule has 3 atom stereocenters. The van der Waals surface area contributed by atoms with Crippen LogP contribution in [0, 0.1) is 0 Å². The third-order valence-corrected chi connectivity index (χ3v) is 8.59. The van der Waals surface area contributed by atoms with E-state index in [1.54, 1.807) is 47.4 Å². The zero-order chi connectivity index (χ0) is 31.9. The van der Waals surface area contributed by atoms with Crippen molar-refractivity contribution in [3.05, 3.63) is 140 Å². The summed E-state index contributed by atoms with van der Waals surface area (Å²) in [5.74, 6) is -2.15. The van der Waals surface area contributed by atoms with E-state index in [0.29, 0.717) is 51.9 Å². The molecule has 0 unspecified atom stereocenters. The fraction of sp³-hybridized carbons (Fsp3) is 0.250. The van der Waals surface area contributed by atoms with E-state index in [1.165, 1.54) is 0 Å². The Kier molecular flexibility index (Phi) is 10.6. The molecule has 9 heteroatoms. The van der Waals surface area contributed by atoms with Gasteiger partial charge in [0.05, 0.1) is 31.0 Å². The average Bonchev–Trinajstić information content (AvgIpc) is 3.03. The van der Waals surface area contributed by atoms with Crippen LogP contribution in [0.4, 0.5) is 0 Å². The molecule has 0 aromatic heterocycles. The van der Waals surface area contributed by atoms with Gasteiger partial charge in [-0.25, -0.2) is 0 Å². The molecule has 7 nitrogen and oxygen atoms in total. The molecule has 2 N–H and O–H groups in total. The molecule has 0 aliphatic carbocycles. The molecule has 4 aromatic rings. The molecule has 232 valence electrons. The van der Waals surface area contributed by atoms with E-state index < -0.39 is 24.0 Å². The fourth-order valence-corrected chi connectivity index (χ4v) is 6.45. The van der Waals surface area contributed by atoms with Crippen LogP contribution in [-0.4, -0.2) is 47.5 Å². The molecular weight excluding hydrogens is 611 g/mol. The Balaban J connectivity index is 1.54. The predicted octanol–water partition coefficient (Wildman–Crippen LogP) is 7.04. The van der Waals surface area contributed by atoms with Gasteiger partial charge in [0.2, 0.25) is 5.91 Å². The van der Waals surface area contributed by atoms with Gasteiger partial charge >= 0.3 is 5.97 Å². The Morgan fingerprint density at radius 1 is 0.911 bits per heavy atom. The highest BCUT2D eigenvalue weighted by Crippen LogP contribution is 2.48. The largest absolute Gasteiger partial charge is 0.481 e. The van der Waals surface area contributed by atoms with Crippen molar-refractivity contribution in [2.24, 2.45) is 0 Å². The number of carbonyl (C=O) groups excluding carboxylic acids is 2. The van der Waals surface area contributed by atoms with Gasteiger partial charge in [-0.2, -0.15) is 0 Å². The summed E-state index contributed by atoms with van der Waals surface area (Å²) in [5, 5.41) is 13.0. The highest BCUT2D eigenvalue weighted by Gasteiger charge is 2.47. The number of halogens is 2. The average molecular weight is 646 g/mol. The minimum atomic E-state index is -0.888. The Morgan fingerprint density at radius 2 is 1.60 bits per heavy atom. The predicted molar refractivity (Wildman–Crippen MR) is 175 cm³/mol. The van der Waals surface area contributed by atoms with Gasteiger partial charge in [-0.3, -0.25) is 14.4 Å². The summed E-state index contributed by atoms with van der Waals surface area (Å²) >= 11 is 13.1. The SMILES string of the molecule is CCOC[C@H](c1ccccc1)N1C(=O)c2ccccc2[C@H](C(=O)NCCc2ccc(CC(=O)O)cc2)[C@H]1c1ccc(Cl)cc1Cl. The molecule has 2 amide bonds. The number of carboxylic acids is 1. The summed E-state index contributed by atoms with van der Waals surface area (Å²) in [5.41, 5.74) is 4.22. The van der Waals surface area contributed by atoms with Crippen molar-refractivity contribution >= 4 is 41.0 Å². The maximum atomic E-state index is 14.5. The van der Waals surface area contributed by atoms with Crippen LogP contribution in [0.2, 0.25) is 10.0 Å². The summed E-state index contributed by atoms with van der Waals surface area (Å²) in [4.78, 5) is 41.5. The number of aliphatic carboxylic acids is 1. The third-order valence-electron chi connectivity index (χ3n) is 8.03. The summed E-state index contributed by atoms with van der Waals surface area (Å²) in [6, 6.07) is 28.0. The molecule has 1 heterocycles. The smallest absolute Gasteiger partial charge is 0.307 e. The first-order valence-electron chi connectivity index (χ1n) is 14.8. The number of rotatable bonds is 12. The van der Waals surface area contributed by atoms with Crippen molar-refractivity contribution in [1.29, 1.82) is 0 Å². The number of hydrogen-bond acceptors (Lipinski definition) is 4. The second kappa shape index (κ2) is 14.7. The zero-order valence-electron chi connectivity index (χ0n) is 24.8. The third kappa shape index (κ3) is 7.39. The van der Waals surface area contributed by atoms with Gasteiger partial charge in [-0.05, 0) is 59.4 Å². The second-order valence-electron chi connectivity index (χ2n) is 10.9. The highest BCUT2D eigenvalue weighted by atomic mass is 35.5. The highest BCUT2D eigenvalue weighted by molar-refractivity contribution is 6.35. The lowest BCUT2D eigenvalue weighted by atomic mass is 9.78. The van der Waals surface area contributed by atoms with Crippen LogP contribution in [0.15, 0.2) is 97.1 Å². The van der Waals surface area contributed by atoms with E-state index in [2.05, 4.69) is 5.32 Å². The standard InChI is InChI=1S/C36H34Cl2N2O5/c1-2-45-22-31(25-8-4-3-5-9-25)40-34(29-17-16-26(37)21-30(29)38)33(27-10-6-7-11-28(27)36(40)44)35(43)39-19-18-23-12-14-24(15-13-23)20-32(41)42/h3-17,21,31,33-34H,2,18-20,22H2,1H3,(H,39,43)(H,41,42)/t31-,33+,34-/m1/s1. The van der Waals surface area contributed by atoms with Gasteiger partial charge in [0.15, 0.2) is 0 Å². The molecule has 0 saturated carbocycles. The lowest BCUT2D eigenvalue weighted by Gasteiger charge is -2.46. The van der Waals surface area contributed by atoms with Gasteiger partial charge in [0.1, 0.15) is 0 Å². The van der Waals surface area contributed by atoms with E-state index >= 15 is 0 Å². The van der Waals surface area contributed by atoms with Crippen LogP contribution >= 0.6 is 23.2 Å². The quantitative estimate of drug-likeness (QED) is 0.172. The fourth-order valence-electron chi connectivity index (χ4n) is 5.93. The van der Waals surface area contributed by atoms with Gasteiger partial charge < -0.3 is 20.1 Å². The normalized spacial score (nSPS) is 16.6. The molecule has 1 aliphatic rings. The lowest BCUT2D eigenvalue weighted by Crippen LogP contribution is -2.50. The van der Waals surface area contributed by atoms with Crippen molar-refractivity contribution < 1.29 is 24.2 Å². The summed E-state index contributed by atoms with van der Waals surface area (Å²) in [6.45, 7) is 2.92. The first kappa shape index (κ1) is 32.2. The maximum absolute atomic E-state index is 14.5. The molecule has 4 aromatic carbocycles. The topological polar surface area (TPSA) is 95.9 Å². The van der Waals surface area contributed by atoms with E-state index in [-0.39, 0.29) is 24.8 Å². The van der Waals surface area contributed by atoms with Crippen molar-refractivity contribution in [3.8, 4) is 0 Å². The van der Waals surface area contributed by atoms with Gasteiger partial charge in [0.25, 0.3) is 5.91 Å². The van der Waals surface area contributed by atoms with Crippen LogP contribution in [0.5, 0.6) is 0 Å². The van der Waals surface area contributed by atoms with Crippen molar-refractivity contribution in [2.45, 2.75) is 37.8 Å². The van der Waals surface area contributed by atoms with Crippen LogP contribution in [0.3, 0.4) is 0 Å². The maximum Gasteiger partial charge on any atom is 0.307 e. The number of carbonyl (C=O) groups is 3. The van der Waals surface area contributed by atoms with Crippen LogP contribution in [0.1, 0.15) is 63.1 Å².